The Bertz CT molecular complexity index is 764. The monoisotopic (exact) mass is 335 g/mol. The van der Waals surface area contributed by atoms with Crippen LogP contribution in [0.4, 0.5) is 14.5 Å². The molecule has 7 heteroatoms. The molecule has 5 nitrogen and oxygen atoms in total. The Kier molecular flexibility index (Phi) is 5.47. The van der Waals surface area contributed by atoms with Crippen LogP contribution in [0, 0.1) is 11.6 Å². The fourth-order valence-corrected chi connectivity index (χ4v) is 1.86. The molecule has 0 fully saturated rings. The van der Waals surface area contributed by atoms with Crippen LogP contribution in [0.2, 0.25) is 0 Å². The highest BCUT2D eigenvalue weighted by Crippen LogP contribution is 2.17. The van der Waals surface area contributed by atoms with Gasteiger partial charge < -0.3 is 14.8 Å². The summed E-state index contributed by atoms with van der Waals surface area (Å²) in [4.78, 5) is 24.0. The summed E-state index contributed by atoms with van der Waals surface area (Å²) in [5.74, 6) is -2.68. The zero-order valence-corrected chi connectivity index (χ0v) is 13.0. The van der Waals surface area contributed by atoms with Crippen molar-refractivity contribution in [3.05, 3.63) is 59.7 Å². The largest absolute Gasteiger partial charge is 0.497 e. The second kappa shape index (κ2) is 7.54. The molecular weight excluding hydrogens is 320 g/mol. The third-order valence-corrected chi connectivity index (χ3v) is 3.15. The van der Waals surface area contributed by atoms with Crippen LogP contribution in [-0.2, 0) is 9.53 Å². The number of rotatable bonds is 5. The van der Waals surface area contributed by atoms with E-state index in [1.165, 1.54) is 26.2 Å². The molecule has 0 aliphatic rings. The van der Waals surface area contributed by atoms with E-state index in [0.29, 0.717) is 11.8 Å². The molecule has 0 saturated carbocycles. The SMILES string of the molecule is COc1cccc(C(=O)OC(C)C(=O)Nc2ccc(F)cc2F)c1. The van der Waals surface area contributed by atoms with Crippen molar-refractivity contribution < 1.29 is 27.8 Å². The summed E-state index contributed by atoms with van der Waals surface area (Å²) in [6, 6.07) is 8.97. The lowest BCUT2D eigenvalue weighted by atomic mass is 10.2. The minimum atomic E-state index is -1.17. The molecule has 0 radical (unpaired) electrons. The first kappa shape index (κ1) is 17.4. The van der Waals surface area contributed by atoms with Gasteiger partial charge in [0.25, 0.3) is 5.91 Å². The summed E-state index contributed by atoms with van der Waals surface area (Å²) in [6.45, 7) is 1.34. The molecule has 1 unspecified atom stereocenters. The fourth-order valence-electron chi connectivity index (χ4n) is 1.86. The number of carbonyl (C=O) groups is 2. The number of ether oxygens (including phenoxy) is 2. The van der Waals surface area contributed by atoms with E-state index in [2.05, 4.69) is 5.32 Å². The summed E-state index contributed by atoms with van der Waals surface area (Å²) < 4.78 is 36.4. The number of benzene rings is 2. The van der Waals surface area contributed by atoms with Crippen LogP contribution in [0.15, 0.2) is 42.5 Å². The molecule has 24 heavy (non-hydrogen) atoms. The predicted molar refractivity (Wildman–Crippen MR) is 82.9 cm³/mol. The minimum absolute atomic E-state index is 0.203. The highest BCUT2D eigenvalue weighted by Gasteiger charge is 2.20. The molecule has 0 aromatic heterocycles. The Morgan fingerprint density at radius 2 is 1.88 bits per heavy atom. The van der Waals surface area contributed by atoms with Crippen molar-refractivity contribution >= 4 is 17.6 Å². The van der Waals surface area contributed by atoms with Gasteiger partial charge in [-0.1, -0.05) is 6.07 Å². The molecule has 1 N–H and O–H groups in total. The van der Waals surface area contributed by atoms with Crippen LogP contribution in [0.3, 0.4) is 0 Å². The molecule has 0 spiro atoms. The second-order valence-corrected chi connectivity index (χ2v) is 4.89. The average Bonchev–Trinajstić information content (AvgIpc) is 2.57. The minimum Gasteiger partial charge on any atom is -0.497 e. The second-order valence-electron chi connectivity index (χ2n) is 4.89. The van der Waals surface area contributed by atoms with Crippen molar-refractivity contribution in [2.45, 2.75) is 13.0 Å². The summed E-state index contributed by atoms with van der Waals surface area (Å²) >= 11 is 0. The molecule has 0 heterocycles. The number of methoxy groups -OCH3 is 1. The van der Waals surface area contributed by atoms with E-state index in [1.807, 2.05) is 0 Å². The molecule has 1 amide bonds. The van der Waals surface area contributed by atoms with Gasteiger partial charge in [-0.15, -0.1) is 0 Å². The highest BCUT2D eigenvalue weighted by molar-refractivity contribution is 5.97. The average molecular weight is 335 g/mol. The lowest BCUT2D eigenvalue weighted by Gasteiger charge is -2.14. The summed E-state index contributed by atoms with van der Waals surface area (Å²) in [5, 5.41) is 2.23. The van der Waals surface area contributed by atoms with Gasteiger partial charge in [0.05, 0.1) is 18.4 Å². The van der Waals surface area contributed by atoms with Gasteiger partial charge in [0, 0.05) is 6.07 Å². The van der Waals surface area contributed by atoms with Gasteiger partial charge in [-0.3, -0.25) is 4.79 Å². The van der Waals surface area contributed by atoms with Gasteiger partial charge >= 0.3 is 5.97 Å². The van der Waals surface area contributed by atoms with Crippen molar-refractivity contribution in [2.24, 2.45) is 0 Å². The van der Waals surface area contributed by atoms with Gasteiger partial charge in [0.15, 0.2) is 6.10 Å². The van der Waals surface area contributed by atoms with Gasteiger partial charge in [0.2, 0.25) is 0 Å². The Morgan fingerprint density at radius 3 is 2.54 bits per heavy atom. The van der Waals surface area contributed by atoms with Crippen molar-refractivity contribution in [3.63, 3.8) is 0 Å². The Balaban J connectivity index is 2.01. The van der Waals surface area contributed by atoms with E-state index >= 15 is 0 Å². The van der Waals surface area contributed by atoms with E-state index in [9.17, 15) is 18.4 Å². The summed E-state index contributed by atoms with van der Waals surface area (Å²) in [5.41, 5.74) is 0.00708. The zero-order valence-electron chi connectivity index (χ0n) is 13.0. The first-order valence-electron chi connectivity index (χ1n) is 7.01. The maximum absolute atomic E-state index is 13.5. The summed E-state index contributed by atoms with van der Waals surface area (Å²) in [7, 11) is 1.46. The fraction of sp³-hybridized carbons (Fsp3) is 0.176. The quantitative estimate of drug-likeness (QED) is 0.853. The van der Waals surface area contributed by atoms with Gasteiger partial charge in [-0.05, 0) is 37.3 Å². The van der Waals surface area contributed by atoms with Crippen LogP contribution in [0.1, 0.15) is 17.3 Å². The predicted octanol–water partition coefficient (Wildman–Crippen LogP) is 3.16. The molecule has 0 aliphatic carbocycles. The molecule has 0 bridgehead atoms. The number of halogens is 2. The Labute approximate surface area is 137 Å². The van der Waals surface area contributed by atoms with E-state index in [0.717, 1.165) is 12.1 Å². The highest BCUT2D eigenvalue weighted by atomic mass is 19.1. The maximum atomic E-state index is 13.5. The number of nitrogens with one attached hydrogen (secondary N) is 1. The van der Waals surface area contributed by atoms with Crippen molar-refractivity contribution in [3.8, 4) is 5.75 Å². The smallest absolute Gasteiger partial charge is 0.339 e. The maximum Gasteiger partial charge on any atom is 0.339 e. The van der Waals surface area contributed by atoms with Crippen LogP contribution in [0.5, 0.6) is 5.75 Å². The van der Waals surface area contributed by atoms with Crippen molar-refractivity contribution in [1.82, 2.24) is 0 Å². The van der Waals surface area contributed by atoms with Crippen molar-refractivity contribution in [2.75, 3.05) is 12.4 Å². The summed E-state index contributed by atoms with van der Waals surface area (Å²) in [6.07, 6.45) is -1.17. The number of carbonyl (C=O) groups excluding carboxylic acids is 2. The van der Waals surface area contributed by atoms with E-state index < -0.39 is 29.6 Å². The normalized spacial score (nSPS) is 11.5. The number of anilines is 1. The van der Waals surface area contributed by atoms with E-state index in [1.54, 1.807) is 12.1 Å². The number of hydrogen-bond donors (Lipinski definition) is 1. The molecule has 2 rings (SSSR count). The molecule has 0 saturated heterocycles. The Hall–Kier alpha value is -2.96. The molecule has 1 atom stereocenters. The topological polar surface area (TPSA) is 64.6 Å². The zero-order chi connectivity index (χ0) is 17.7. The number of esters is 1. The third-order valence-electron chi connectivity index (χ3n) is 3.15. The van der Waals surface area contributed by atoms with Crippen LogP contribution >= 0.6 is 0 Å². The molecule has 2 aromatic carbocycles. The van der Waals surface area contributed by atoms with Crippen LogP contribution < -0.4 is 10.1 Å². The van der Waals surface area contributed by atoms with Gasteiger partial charge in [-0.2, -0.15) is 0 Å². The Morgan fingerprint density at radius 1 is 1.12 bits per heavy atom. The number of amides is 1. The molecule has 126 valence electrons. The lowest BCUT2D eigenvalue weighted by Crippen LogP contribution is -2.30. The third kappa shape index (κ3) is 4.28. The lowest BCUT2D eigenvalue weighted by molar-refractivity contribution is -0.123. The molecule has 0 aliphatic heterocycles. The van der Waals surface area contributed by atoms with E-state index in [-0.39, 0.29) is 11.3 Å². The van der Waals surface area contributed by atoms with E-state index in [4.69, 9.17) is 9.47 Å². The van der Waals surface area contributed by atoms with Gasteiger partial charge in [-0.25, -0.2) is 13.6 Å². The molecule has 2 aromatic rings. The number of hydrogen-bond acceptors (Lipinski definition) is 4. The first-order chi connectivity index (χ1) is 11.4. The van der Waals surface area contributed by atoms with Crippen LogP contribution in [-0.4, -0.2) is 25.1 Å². The van der Waals surface area contributed by atoms with Crippen molar-refractivity contribution in [1.29, 1.82) is 0 Å². The van der Waals surface area contributed by atoms with Gasteiger partial charge in [0.1, 0.15) is 17.4 Å². The molecular formula is C17H15F2NO4. The van der Waals surface area contributed by atoms with Crippen LogP contribution in [0.25, 0.3) is 0 Å². The first-order valence-corrected chi connectivity index (χ1v) is 7.01. The standard InChI is InChI=1S/C17H15F2NO4/c1-10(16(21)20-15-7-6-12(18)9-14(15)19)24-17(22)11-4-3-5-13(8-11)23-2/h3-10H,1-2H3,(H,20,21).